The van der Waals surface area contributed by atoms with E-state index in [1.807, 2.05) is 54.6 Å². The van der Waals surface area contributed by atoms with Crippen LogP contribution in [0.4, 0.5) is 0 Å². The number of nitrogens with one attached hydrogen (secondary N) is 1. The van der Waals surface area contributed by atoms with Crippen LogP contribution in [0.15, 0.2) is 83.8 Å². The van der Waals surface area contributed by atoms with E-state index in [2.05, 4.69) is 4.98 Å². The first kappa shape index (κ1) is 23.2. The fourth-order valence-electron chi connectivity index (χ4n) is 3.68. The lowest BCUT2D eigenvalue weighted by Gasteiger charge is -2.11. The van der Waals surface area contributed by atoms with Gasteiger partial charge in [0.25, 0.3) is 10.0 Å². The Morgan fingerprint density at radius 2 is 1.68 bits per heavy atom. The minimum atomic E-state index is -3.83. The second kappa shape index (κ2) is 9.91. The van der Waals surface area contributed by atoms with E-state index >= 15 is 0 Å². The molecule has 0 atom stereocenters. The number of hydrogen-bond acceptors (Lipinski definition) is 5. The average molecular weight is 491 g/mol. The third-order valence-electron chi connectivity index (χ3n) is 5.26. The number of nitrogens with zero attached hydrogens (tertiary/aromatic N) is 3. The quantitative estimate of drug-likeness (QED) is 0.224. The van der Waals surface area contributed by atoms with Crippen molar-refractivity contribution in [2.45, 2.75) is 17.9 Å². The highest BCUT2D eigenvalue weighted by Crippen LogP contribution is 2.26. The van der Waals surface area contributed by atoms with Crippen LogP contribution in [0.2, 0.25) is 5.15 Å². The van der Waals surface area contributed by atoms with Gasteiger partial charge in [-0.15, -0.1) is 0 Å². The standard InChI is InChI=1S/C25H19ClN4O3S/c26-24-23(16-31)30(25(29-24)21-7-2-1-3-8-21)15-20-6-4-5-19(14-20)13-18-9-11-22(12-10-18)34(32,33)28-17-27/h1-12,14,16,28H,13,15H2. The summed E-state index contributed by atoms with van der Waals surface area (Å²) in [6, 6.07) is 23.8. The van der Waals surface area contributed by atoms with Gasteiger partial charge >= 0.3 is 0 Å². The molecule has 1 aromatic heterocycles. The van der Waals surface area contributed by atoms with E-state index in [1.165, 1.54) is 18.3 Å². The minimum absolute atomic E-state index is 0.0263. The number of aromatic nitrogens is 2. The van der Waals surface area contributed by atoms with Crippen molar-refractivity contribution in [1.29, 1.82) is 5.26 Å². The van der Waals surface area contributed by atoms with Gasteiger partial charge in [-0.3, -0.25) is 4.79 Å². The van der Waals surface area contributed by atoms with Crippen LogP contribution in [0.1, 0.15) is 27.2 Å². The van der Waals surface area contributed by atoms with Crippen LogP contribution in [0, 0.1) is 11.5 Å². The van der Waals surface area contributed by atoms with Crippen LogP contribution in [-0.4, -0.2) is 24.3 Å². The van der Waals surface area contributed by atoms with E-state index in [0.717, 1.165) is 22.3 Å². The van der Waals surface area contributed by atoms with E-state index in [-0.39, 0.29) is 10.0 Å². The van der Waals surface area contributed by atoms with E-state index in [1.54, 1.807) is 21.4 Å². The van der Waals surface area contributed by atoms with Crippen molar-refractivity contribution in [1.82, 2.24) is 14.3 Å². The summed E-state index contributed by atoms with van der Waals surface area (Å²) in [5.74, 6) is 0.612. The lowest BCUT2D eigenvalue weighted by atomic mass is 10.0. The zero-order chi connectivity index (χ0) is 24.1. The summed E-state index contributed by atoms with van der Waals surface area (Å²) in [7, 11) is -3.83. The number of carbonyl (C=O) groups is 1. The lowest BCUT2D eigenvalue weighted by molar-refractivity contribution is 0.111. The molecule has 3 aromatic carbocycles. The Bertz CT molecular complexity index is 1480. The monoisotopic (exact) mass is 490 g/mol. The fourth-order valence-corrected chi connectivity index (χ4v) is 4.64. The Morgan fingerprint density at radius 3 is 2.35 bits per heavy atom. The van der Waals surface area contributed by atoms with Gasteiger partial charge in [0.05, 0.1) is 4.90 Å². The summed E-state index contributed by atoms with van der Waals surface area (Å²) in [5, 5.41) is 8.75. The van der Waals surface area contributed by atoms with Crippen LogP contribution in [0.5, 0.6) is 0 Å². The zero-order valence-electron chi connectivity index (χ0n) is 17.8. The maximum Gasteiger partial charge on any atom is 0.270 e. The molecule has 7 nitrogen and oxygen atoms in total. The number of halogens is 1. The molecule has 0 radical (unpaired) electrons. The molecule has 0 aliphatic heterocycles. The molecule has 0 amide bonds. The van der Waals surface area contributed by atoms with Gasteiger partial charge in [0.2, 0.25) is 0 Å². The Kier molecular flexibility index (Phi) is 6.77. The molecule has 170 valence electrons. The Balaban J connectivity index is 1.59. The van der Waals surface area contributed by atoms with E-state index in [9.17, 15) is 13.2 Å². The lowest BCUT2D eigenvalue weighted by Crippen LogP contribution is -2.17. The minimum Gasteiger partial charge on any atom is -0.316 e. The van der Waals surface area contributed by atoms with Gasteiger partial charge in [0.1, 0.15) is 11.5 Å². The highest BCUT2D eigenvalue weighted by atomic mass is 35.5. The Hall–Kier alpha value is -3.93. The van der Waals surface area contributed by atoms with Crippen LogP contribution in [-0.2, 0) is 23.0 Å². The van der Waals surface area contributed by atoms with Gasteiger partial charge < -0.3 is 4.57 Å². The molecule has 34 heavy (non-hydrogen) atoms. The SMILES string of the molecule is N#CNS(=O)(=O)c1ccc(Cc2cccc(Cn3c(-c4ccccc4)nc(Cl)c3C=O)c2)cc1. The highest BCUT2D eigenvalue weighted by molar-refractivity contribution is 7.89. The van der Waals surface area contributed by atoms with Crippen molar-refractivity contribution in [3.63, 3.8) is 0 Å². The van der Waals surface area contributed by atoms with E-state index < -0.39 is 10.0 Å². The topological polar surface area (TPSA) is 105 Å². The number of hydrogen-bond donors (Lipinski definition) is 1. The number of benzene rings is 3. The molecule has 0 fully saturated rings. The molecule has 0 bridgehead atoms. The number of rotatable bonds is 8. The molecule has 1 N–H and O–H groups in total. The molecule has 4 aromatic rings. The maximum absolute atomic E-state index is 11.9. The smallest absolute Gasteiger partial charge is 0.270 e. The summed E-state index contributed by atoms with van der Waals surface area (Å²) >= 11 is 6.24. The first-order valence-corrected chi connectivity index (χ1v) is 12.1. The van der Waals surface area contributed by atoms with Crippen molar-refractivity contribution < 1.29 is 13.2 Å². The van der Waals surface area contributed by atoms with Gasteiger partial charge in [-0.25, -0.2) is 18.1 Å². The largest absolute Gasteiger partial charge is 0.316 e. The Morgan fingerprint density at radius 1 is 0.971 bits per heavy atom. The predicted molar refractivity (Wildman–Crippen MR) is 129 cm³/mol. The number of imidazole rings is 1. The molecule has 1 heterocycles. The molecular formula is C25H19ClN4O3S. The van der Waals surface area contributed by atoms with Crippen molar-refractivity contribution >= 4 is 27.9 Å². The predicted octanol–water partition coefficient (Wildman–Crippen LogP) is 4.41. The zero-order valence-corrected chi connectivity index (χ0v) is 19.4. The third-order valence-corrected chi connectivity index (χ3v) is 6.79. The third kappa shape index (κ3) is 5.01. The molecule has 9 heteroatoms. The van der Waals surface area contributed by atoms with Crippen molar-refractivity contribution in [2.75, 3.05) is 0 Å². The van der Waals surface area contributed by atoms with Crippen molar-refractivity contribution in [2.24, 2.45) is 0 Å². The first-order valence-electron chi connectivity index (χ1n) is 10.3. The molecule has 0 unspecified atom stereocenters. The van der Waals surface area contributed by atoms with Gasteiger partial charge in [-0.05, 0) is 35.2 Å². The van der Waals surface area contributed by atoms with Crippen molar-refractivity contribution in [3.05, 3.63) is 106 Å². The maximum atomic E-state index is 11.9. The number of carbonyl (C=O) groups excluding carboxylic acids is 1. The van der Waals surface area contributed by atoms with Crippen LogP contribution in [0.3, 0.4) is 0 Å². The van der Waals surface area contributed by atoms with Gasteiger partial charge in [0, 0.05) is 12.1 Å². The van der Waals surface area contributed by atoms with Crippen LogP contribution < -0.4 is 4.72 Å². The van der Waals surface area contributed by atoms with Gasteiger partial charge in [-0.2, -0.15) is 5.26 Å². The van der Waals surface area contributed by atoms with E-state index in [0.29, 0.717) is 30.8 Å². The van der Waals surface area contributed by atoms with Gasteiger partial charge in [-0.1, -0.05) is 78.3 Å². The number of nitriles is 1. The van der Waals surface area contributed by atoms with Gasteiger partial charge in [0.15, 0.2) is 17.6 Å². The molecule has 0 aliphatic rings. The van der Waals surface area contributed by atoms with Crippen molar-refractivity contribution in [3.8, 4) is 17.6 Å². The molecule has 0 spiro atoms. The molecule has 0 saturated carbocycles. The second-order valence-electron chi connectivity index (χ2n) is 7.54. The molecular weight excluding hydrogens is 472 g/mol. The summed E-state index contributed by atoms with van der Waals surface area (Å²) in [6.07, 6.45) is 2.73. The summed E-state index contributed by atoms with van der Waals surface area (Å²) in [4.78, 5) is 16.1. The normalized spacial score (nSPS) is 11.1. The summed E-state index contributed by atoms with van der Waals surface area (Å²) < 4.78 is 27.5. The summed E-state index contributed by atoms with van der Waals surface area (Å²) in [5.41, 5.74) is 4.06. The van der Waals surface area contributed by atoms with Crippen LogP contribution in [0.25, 0.3) is 11.4 Å². The van der Waals surface area contributed by atoms with E-state index in [4.69, 9.17) is 16.9 Å². The highest BCUT2D eigenvalue weighted by Gasteiger charge is 2.17. The molecule has 0 saturated heterocycles. The average Bonchev–Trinajstić information content (AvgIpc) is 3.15. The number of sulfonamides is 1. The second-order valence-corrected chi connectivity index (χ2v) is 9.58. The first-order chi connectivity index (χ1) is 16.4. The Labute approximate surface area is 202 Å². The fraction of sp³-hybridized carbons (Fsp3) is 0.0800. The van der Waals surface area contributed by atoms with Crippen LogP contribution >= 0.6 is 11.6 Å². The molecule has 0 aliphatic carbocycles. The molecule has 4 rings (SSSR count). The number of aldehydes is 1. The summed E-state index contributed by atoms with van der Waals surface area (Å²) in [6.45, 7) is 0.406.